The highest BCUT2D eigenvalue weighted by atomic mass is 32.2. The molecule has 148 valence electrons. The lowest BCUT2D eigenvalue weighted by Gasteiger charge is -2.29. The predicted octanol–water partition coefficient (Wildman–Crippen LogP) is 4.23. The lowest BCUT2D eigenvalue weighted by molar-refractivity contribution is -0.137. The number of unbranched alkanes of at least 4 members (excludes halogenated alkanes) is 1. The Morgan fingerprint density at radius 1 is 1.23 bits per heavy atom. The minimum atomic E-state index is -3.57. The summed E-state index contributed by atoms with van der Waals surface area (Å²) in [4.78, 5) is 14.9. The minimum absolute atomic E-state index is 0.0455. The van der Waals surface area contributed by atoms with Crippen LogP contribution in [-0.4, -0.2) is 32.0 Å². The van der Waals surface area contributed by atoms with Crippen LogP contribution in [0.1, 0.15) is 58.9 Å². The number of benzene rings is 1. The summed E-state index contributed by atoms with van der Waals surface area (Å²) in [5.74, 6) is 0.867. The average molecular weight is 384 g/mol. The second kappa shape index (κ2) is 10.6. The van der Waals surface area contributed by atoms with E-state index in [0.717, 1.165) is 37.5 Å². The molecule has 0 spiro atoms. The lowest BCUT2D eigenvalue weighted by atomic mass is 9.97. The van der Waals surface area contributed by atoms with Crippen molar-refractivity contribution in [3.63, 3.8) is 0 Å². The first-order valence-electron chi connectivity index (χ1n) is 9.43. The van der Waals surface area contributed by atoms with Crippen molar-refractivity contribution in [1.82, 2.24) is 4.90 Å². The Hall–Kier alpha value is -1.56. The van der Waals surface area contributed by atoms with E-state index in [4.69, 9.17) is 4.18 Å². The third kappa shape index (κ3) is 8.21. The molecular weight excluding hydrogens is 350 g/mol. The second-order valence-corrected chi connectivity index (χ2v) is 8.87. The highest BCUT2D eigenvalue weighted by Crippen LogP contribution is 2.21. The SMILES string of the molecule is CCCC[C@H](CC)C(=O)N(Cc1cccc(OS(C)(=O)=O)c1)CC(C)C. The molecule has 0 N–H and O–H groups in total. The van der Waals surface area contributed by atoms with E-state index >= 15 is 0 Å². The normalized spacial score (nSPS) is 12.8. The van der Waals surface area contributed by atoms with E-state index in [9.17, 15) is 13.2 Å². The molecular formula is C20H33NO4S. The van der Waals surface area contributed by atoms with Crippen LogP contribution < -0.4 is 4.18 Å². The van der Waals surface area contributed by atoms with Gasteiger partial charge in [-0.05, 0) is 36.5 Å². The van der Waals surface area contributed by atoms with Crippen LogP contribution in [0.2, 0.25) is 0 Å². The van der Waals surface area contributed by atoms with Gasteiger partial charge < -0.3 is 9.08 Å². The summed E-state index contributed by atoms with van der Waals surface area (Å²) in [6, 6.07) is 6.94. The number of amides is 1. The Kier molecular flexibility index (Phi) is 9.13. The third-order valence-corrected chi connectivity index (χ3v) is 4.66. The second-order valence-electron chi connectivity index (χ2n) is 7.29. The van der Waals surface area contributed by atoms with E-state index in [2.05, 4.69) is 27.7 Å². The highest BCUT2D eigenvalue weighted by Gasteiger charge is 2.23. The minimum Gasteiger partial charge on any atom is -0.383 e. The van der Waals surface area contributed by atoms with Gasteiger partial charge in [0.05, 0.1) is 6.26 Å². The number of hydrogen-bond acceptors (Lipinski definition) is 4. The van der Waals surface area contributed by atoms with Crippen molar-refractivity contribution in [1.29, 1.82) is 0 Å². The number of nitrogens with zero attached hydrogens (tertiary/aromatic N) is 1. The van der Waals surface area contributed by atoms with Gasteiger partial charge in [-0.15, -0.1) is 0 Å². The first-order chi connectivity index (χ1) is 12.2. The fraction of sp³-hybridized carbons (Fsp3) is 0.650. The molecule has 26 heavy (non-hydrogen) atoms. The topological polar surface area (TPSA) is 63.7 Å². The smallest absolute Gasteiger partial charge is 0.306 e. The van der Waals surface area contributed by atoms with Crippen molar-refractivity contribution in [2.24, 2.45) is 11.8 Å². The van der Waals surface area contributed by atoms with Crippen LogP contribution in [0.5, 0.6) is 5.75 Å². The van der Waals surface area contributed by atoms with E-state index in [1.54, 1.807) is 18.2 Å². The number of carbonyl (C=O) groups is 1. The molecule has 1 aromatic carbocycles. The maximum atomic E-state index is 13.0. The maximum Gasteiger partial charge on any atom is 0.306 e. The van der Waals surface area contributed by atoms with Gasteiger partial charge in [0, 0.05) is 19.0 Å². The van der Waals surface area contributed by atoms with Gasteiger partial charge in [-0.1, -0.05) is 52.7 Å². The van der Waals surface area contributed by atoms with Gasteiger partial charge in [0.25, 0.3) is 0 Å². The molecule has 1 aromatic rings. The Labute approximate surface area is 158 Å². The van der Waals surface area contributed by atoms with Crippen LogP contribution in [0.25, 0.3) is 0 Å². The number of rotatable bonds is 11. The third-order valence-electron chi connectivity index (χ3n) is 4.16. The fourth-order valence-corrected chi connectivity index (χ4v) is 3.43. The van der Waals surface area contributed by atoms with Crippen LogP contribution in [0, 0.1) is 11.8 Å². The molecule has 1 atom stereocenters. The maximum absolute atomic E-state index is 13.0. The molecule has 6 heteroatoms. The van der Waals surface area contributed by atoms with Crippen molar-refractivity contribution in [2.45, 2.75) is 59.9 Å². The molecule has 0 saturated carbocycles. The Morgan fingerprint density at radius 2 is 1.92 bits per heavy atom. The summed E-state index contributed by atoms with van der Waals surface area (Å²) >= 11 is 0. The Morgan fingerprint density at radius 3 is 2.46 bits per heavy atom. The van der Waals surface area contributed by atoms with E-state index in [-0.39, 0.29) is 17.6 Å². The van der Waals surface area contributed by atoms with E-state index in [1.165, 1.54) is 0 Å². The van der Waals surface area contributed by atoms with Crippen molar-refractivity contribution >= 4 is 16.0 Å². The molecule has 1 rings (SSSR count). The van der Waals surface area contributed by atoms with Gasteiger partial charge >= 0.3 is 10.1 Å². The van der Waals surface area contributed by atoms with Gasteiger partial charge in [0.1, 0.15) is 5.75 Å². The monoisotopic (exact) mass is 383 g/mol. The quantitative estimate of drug-likeness (QED) is 0.537. The number of carbonyl (C=O) groups excluding carboxylic acids is 1. The van der Waals surface area contributed by atoms with E-state index < -0.39 is 10.1 Å². The van der Waals surface area contributed by atoms with Crippen LogP contribution in [0.15, 0.2) is 24.3 Å². The highest BCUT2D eigenvalue weighted by molar-refractivity contribution is 7.86. The molecule has 0 unspecified atom stereocenters. The molecule has 0 aromatic heterocycles. The molecule has 0 heterocycles. The van der Waals surface area contributed by atoms with Gasteiger partial charge in [0.2, 0.25) is 5.91 Å². The molecule has 5 nitrogen and oxygen atoms in total. The van der Waals surface area contributed by atoms with Gasteiger partial charge in [-0.25, -0.2) is 0 Å². The van der Waals surface area contributed by atoms with Crippen molar-refractivity contribution in [2.75, 3.05) is 12.8 Å². The molecule has 0 radical (unpaired) electrons. The first-order valence-corrected chi connectivity index (χ1v) is 11.2. The summed E-state index contributed by atoms with van der Waals surface area (Å²) in [6.45, 7) is 9.52. The lowest BCUT2D eigenvalue weighted by Crippen LogP contribution is -2.38. The number of hydrogen-bond donors (Lipinski definition) is 0. The molecule has 0 saturated heterocycles. The van der Waals surface area contributed by atoms with Gasteiger partial charge in [-0.2, -0.15) is 8.42 Å². The molecule has 0 aliphatic rings. The summed E-state index contributed by atoms with van der Waals surface area (Å²) in [6.07, 6.45) is 4.91. The zero-order chi connectivity index (χ0) is 19.7. The Balaban J connectivity index is 2.96. The van der Waals surface area contributed by atoms with Crippen molar-refractivity contribution < 1.29 is 17.4 Å². The predicted molar refractivity (Wildman–Crippen MR) is 105 cm³/mol. The Bertz CT molecular complexity index is 670. The summed E-state index contributed by atoms with van der Waals surface area (Å²) in [5, 5.41) is 0. The largest absolute Gasteiger partial charge is 0.383 e. The zero-order valence-corrected chi connectivity index (χ0v) is 17.5. The van der Waals surface area contributed by atoms with Crippen LogP contribution in [0.3, 0.4) is 0 Å². The molecule has 0 aliphatic carbocycles. The average Bonchev–Trinajstić information content (AvgIpc) is 2.53. The van der Waals surface area contributed by atoms with Crippen molar-refractivity contribution in [3.8, 4) is 5.75 Å². The molecule has 0 aliphatic heterocycles. The summed E-state index contributed by atoms with van der Waals surface area (Å²) < 4.78 is 27.6. The molecule has 1 amide bonds. The van der Waals surface area contributed by atoms with Crippen LogP contribution in [-0.2, 0) is 21.5 Å². The summed E-state index contributed by atoms with van der Waals surface area (Å²) in [5.41, 5.74) is 0.866. The van der Waals surface area contributed by atoms with E-state index in [0.29, 0.717) is 19.0 Å². The molecule has 0 fully saturated rings. The van der Waals surface area contributed by atoms with Gasteiger partial charge in [-0.3, -0.25) is 4.79 Å². The van der Waals surface area contributed by atoms with Crippen LogP contribution >= 0.6 is 0 Å². The van der Waals surface area contributed by atoms with Crippen molar-refractivity contribution in [3.05, 3.63) is 29.8 Å². The molecule has 0 bridgehead atoms. The van der Waals surface area contributed by atoms with Gasteiger partial charge in [0.15, 0.2) is 0 Å². The van der Waals surface area contributed by atoms with Crippen LogP contribution in [0.4, 0.5) is 0 Å². The van der Waals surface area contributed by atoms with E-state index in [1.807, 2.05) is 11.0 Å². The zero-order valence-electron chi connectivity index (χ0n) is 16.7. The standard InChI is InChI=1S/C20H33NO4S/c1-6-8-11-18(7-2)20(22)21(14-16(3)4)15-17-10-9-12-19(13-17)25-26(5,23)24/h9-10,12-13,16,18H,6-8,11,14-15H2,1-5H3/t18-/m0/s1. The fourth-order valence-electron chi connectivity index (χ4n) is 2.98. The summed E-state index contributed by atoms with van der Waals surface area (Å²) in [7, 11) is -3.57. The first kappa shape index (κ1) is 22.5.